The Morgan fingerprint density at radius 1 is 1.10 bits per heavy atom. The van der Waals surface area contributed by atoms with Crippen molar-refractivity contribution in [1.29, 1.82) is 0 Å². The highest BCUT2D eigenvalue weighted by Crippen LogP contribution is 2.17. The fourth-order valence-electron chi connectivity index (χ4n) is 2.53. The number of aromatic nitrogens is 1. The summed E-state index contributed by atoms with van der Waals surface area (Å²) in [4.78, 5) is 20.9. The first kappa shape index (κ1) is 22.2. The van der Waals surface area contributed by atoms with Gasteiger partial charge in [0.15, 0.2) is 5.96 Å². The molecule has 1 amide bonds. The summed E-state index contributed by atoms with van der Waals surface area (Å²) in [6.45, 7) is 9.49. The predicted molar refractivity (Wildman–Crippen MR) is 116 cm³/mol. The summed E-state index contributed by atoms with van der Waals surface area (Å²) in [6.07, 6.45) is 1.70. The summed E-state index contributed by atoms with van der Waals surface area (Å²) < 4.78 is 5.88. The van der Waals surface area contributed by atoms with Gasteiger partial charge in [0.2, 0.25) is 11.8 Å². The molecule has 0 saturated heterocycles. The van der Waals surface area contributed by atoms with Gasteiger partial charge in [-0.05, 0) is 39.3 Å². The third-order valence-electron chi connectivity index (χ3n) is 3.75. The molecule has 3 N–H and O–H groups in total. The second-order valence-corrected chi connectivity index (χ2v) is 7.59. The van der Waals surface area contributed by atoms with Crippen molar-refractivity contribution in [3.63, 3.8) is 0 Å². The van der Waals surface area contributed by atoms with Crippen molar-refractivity contribution in [2.75, 3.05) is 13.1 Å². The third-order valence-corrected chi connectivity index (χ3v) is 3.75. The van der Waals surface area contributed by atoms with E-state index in [4.69, 9.17) is 4.74 Å². The SMILES string of the molecule is CCNC(=NCc1cccnc1OCc1ccccc1)NCC(=O)NC(C)(C)C. The van der Waals surface area contributed by atoms with Gasteiger partial charge in [0.05, 0.1) is 13.1 Å². The summed E-state index contributed by atoms with van der Waals surface area (Å²) >= 11 is 0. The van der Waals surface area contributed by atoms with E-state index in [1.54, 1.807) is 6.20 Å². The molecule has 0 spiro atoms. The van der Waals surface area contributed by atoms with Crippen molar-refractivity contribution in [3.8, 4) is 5.88 Å². The number of amides is 1. The lowest BCUT2D eigenvalue weighted by Gasteiger charge is -2.21. The number of ether oxygens (including phenoxy) is 1. The van der Waals surface area contributed by atoms with Crippen molar-refractivity contribution >= 4 is 11.9 Å². The molecule has 0 unspecified atom stereocenters. The zero-order chi connectivity index (χ0) is 21.1. The Morgan fingerprint density at radius 3 is 2.55 bits per heavy atom. The minimum atomic E-state index is -0.269. The maximum Gasteiger partial charge on any atom is 0.239 e. The number of benzene rings is 1. The highest BCUT2D eigenvalue weighted by molar-refractivity contribution is 5.86. The van der Waals surface area contributed by atoms with Gasteiger partial charge in [-0.1, -0.05) is 36.4 Å². The van der Waals surface area contributed by atoms with Crippen molar-refractivity contribution in [1.82, 2.24) is 20.9 Å². The predicted octanol–water partition coefficient (Wildman–Crippen LogP) is 2.63. The first-order chi connectivity index (χ1) is 13.9. The first-order valence-electron chi connectivity index (χ1n) is 9.81. The molecule has 0 aliphatic heterocycles. The normalized spacial score (nSPS) is 11.7. The Balaban J connectivity index is 1.98. The Hall–Kier alpha value is -3.09. The first-order valence-corrected chi connectivity index (χ1v) is 9.81. The van der Waals surface area contributed by atoms with E-state index in [-0.39, 0.29) is 18.0 Å². The van der Waals surface area contributed by atoms with Crippen LogP contribution in [0.4, 0.5) is 0 Å². The van der Waals surface area contributed by atoms with E-state index < -0.39 is 0 Å². The molecular formula is C22H31N5O2. The molecule has 0 aliphatic rings. The smallest absolute Gasteiger partial charge is 0.239 e. The van der Waals surface area contributed by atoms with E-state index in [0.29, 0.717) is 31.5 Å². The molecule has 0 saturated carbocycles. The molecule has 2 aromatic rings. The number of rotatable bonds is 8. The summed E-state index contributed by atoms with van der Waals surface area (Å²) in [5.74, 6) is 1.03. The molecule has 0 bridgehead atoms. The third kappa shape index (κ3) is 8.64. The molecule has 0 radical (unpaired) electrons. The molecule has 7 nitrogen and oxygen atoms in total. The molecule has 0 atom stereocenters. The Labute approximate surface area is 173 Å². The lowest BCUT2D eigenvalue weighted by Crippen LogP contribution is -2.48. The lowest BCUT2D eigenvalue weighted by molar-refractivity contribution is -0.121. The van der Waals surface area contributed by atoms with E-state index in [2.05, 4.69) is 25.9 Å². The van der Waals surface area contributed by atoms with Crippen LogP contribution >= 0.6 is 0 Å². The number of guanidine groups is 1. The number of nitrogens with one attached hydrogen (secondary N) is 3. The highest BCUT2D eigenvalue weighted by atomic mass is 16.5. The lowest BCUT2D eigenvalue weighted by atomic mass is 10.1. The van der Waals surface area contributed by atoms with Crippen LogP contribution in [0.3, 0.4) is 0 Å². The van der Waals surface area contributed by atoms with Gasteiger partial charge in [-0.15, -0.1) is 0 Å². The summed E-state index contributed by atoms with van der Waals surface area (Å²) in [5.41, 5.74) is 1.68. The Morgan fingerprint density at radius 2 is 1.86 bits per heavy atom. The van der Waals surface area contributed by atoms with E-state index in [0.717, 1.165) is 11.1 Å². The average Bonchev–Trinajstić information content (AvgIpc) is 2.68. The molecule has 0 fully saturated rings. The van der Waals surface area contributed by atoms with Gasteiger partial charge in [-0.25, -0.2) is 9.98 Å². The van der Waals surface area contributed by atoms with Gasteiger partial charge < -0.3 is 20.7 Å². The van der Waals surface area contributed by atoms with Gasteiger partial charge in [0.25, 0.3) is 0 Å². The molecule has 0 aliphatic carbocycles. The molecule has 1 aromatic heterocycles. The number of hydrogen-bond donors (Lipinski definition) is 3. The van der Waals surface area contributed by atoms with Crippen molar-refractivity contribution < 1.29 is 9.53 Å². The van der Waals surface area contributed by atoms with Crippen LogP contribution in [0.1, 0.15) is 38.8 Å². The summed E-state index contributed by atoms with van der Waals surface area (Å²) in [7, 11) is 0. The molecule has 29 heavy (non-hydrogen) atoms. The molecule has 1 heterocycles. The van der Waals surface area contributed by atoms with Crippen LogP contribution in [0.2, 0.25) is 0 Å². The van der Waals surface area contributed by atoms with E-state index in [9.17, 15) is 4.79 Å². The fourth-order valence-corrected chi connectivity index (χ4v) is 2.53. The van der Waals surface area contributed by atoms with Crippen LogP contribution in [-0.4, -0.2) is 35.5 Å². The number of pyridine rings is 1. The monoisotopic (exact) mass is 397 g/mol. The largest absolute Gasteiger partial charge is 0.473 e. The zero-order valence-corrected chi connectivity index (χ0v) is 17.7. The van der Waals surface area contributed by atoms with Gasteiger partial charge in [-0.3, -0.25) is 4.79 Å². The van der Waals surface area contributed by atoms with Crippen molar-refractivity contribution in [2.45, 2.75) is 46.4 Å². The number of hydrogen-bond acceptors (Lipinski definition) is 4. The van der Waals surface area contributed by atoms with Crippen LogP contribution in [0.25, 0.3) is 0 Å². The number of nitrogens with zero attached hydrogens (tertiary/aromatic N) is 2. The fraction of sp³-hybridized carbons (Fsp3) is 0.409. The molecule has 156 valence electrons. The minimum Gasteiger partial charge on any atom is -0.473 e. The number of carbonyl (C=O) groups excluding carboxylic acids is 1. The van der Waals surface area contributed by atoms with Gasteiger partial charge in [0, 0.05) is 23.8 Å². The van der Waals surface area contributed by atoms with E-state index in [1.807, 2.05) is 70.2 Å². The van der Waals surface area contributed by atoms with Crippen molar-refractivity contribution in [3.05, 3.63) is 59.8 Å². The van der Waals surface area contributed by atoms with Gasteiger partial charge in [0.1, 0.15) is 6.61 Å². The zero-order valence-electron chi connectivity index (χ0n) is 17.7. The second kappa shape index (κ2) is 11.0. The van der Waals surface area contributed by atoms with E-state index in [1.165, 1.54) is 0 Å². The maximum atomic E-state index is 12.0. The number of aliphatic imine (C=N–C) groups is 1. The topological polar surface area (TPSA) is 87.6 Å². The Kier molecular flexibility index (Phi) is 8.45. The summed E-state index contributed by atoms with van der Waals surface area (Å²) in [6, 6.07) is 13.7. The van der Waals surface area contributed by atoms with Gasteiger partial charge in [-0.2, -0.15) is 0 Å². The number of carbonyl (C=O) groups is 1. The van der Waals surface area contributed by atoms with Crippen LogP contribution in [-0.2, 0) is 17.9 Å². The van der Waals surface area contributed by atoms with Crippen LogP contribution in [0, 0.1) is 0 Å². The highest BCUT2D eigenvalue weighted by Gasteiger charge is 2.13. The van der Waals surface area contributed by atoms with Crippen LogP contribution in [0.5, 0.6) is 5.88 Å². The quantitative estimate of drug-likeness (QED) is 0.471. The Bertz CT molecular complexity index is 800. The standard InChI is InChI=1S/C22H31N5O2/c1-5-23-21(26-15-19(28)27-22(2,3)4)25-14-18-12-9-13-24-20(18)29-16-17-10-7-6-8-11-17/h6-13H,5,14-16H2,1-4H3,(H,27,28)(H2,23,25,26). The molecule has 2 rings (SSSR count). The molecular weight excluding hydrogens is 366 g/mol. The molecule has 7 heteroatoms. The summed E-state index contributed by atoms with van der Waals surface area (Å²) in [5, 5.41) is 9.12. The van der Waals surface area contributed by atoms with Crippen LogP contribution < -0.4 is 20.7 Å². The van der Waals surface area contributed by atoms with Crippen molar-refractivity contribution in [2.24, 2.45) is 4.99 Å². The molecule has 1 aromatic carbocycles. The maximum absolute atomic E-state index is 12.0. The van der Waals surface area contributed by atoms with Crippen LogP contribution in [0.15, 0.2) is 53.7 Å². The average molecular weight is 398 g/mol. The van der Waals surface area contributed by atoms with E-state index >= 15 is 0 Å². The minimum absolute atomic E-state index is 0.0867. The second-order valence-electron chi connectivity index (χ2n) is 7.59. The van der Waals surface area contributed by atoms with Gasteiger partial charge >= 0.3 is 0 Å².